The van der Waals surface area contributed by atoms with Gasteiger partial charge in [-0.25, -0.2) is 0 Å². The van der Waals surface area contributed by atoms with Gasteiger partial charge < -0.3 is 15.4 Å². The first-order valence-corrected chi connectivity index (χ1v) is 7.65. The van der Waals surface area contributed by atoms with Crippen LogP contribution in [0.5, 0.6) is 0 Å². The zero-order valence-electron chi connectivity index (χ0n) is 14.7. The van der Waals surface area contributed by atoms with Gasteiger partial charge in [0.05, 0.1) is 19.7 Å². The molecular formula is C17H27N3O3. The van der Waals surface area contributed by atoms with Gasteiger partial charge in [0, 0.05) is 19.3 Å². The van der Waals surface area contributed by atoms with Crippen molar-refractivity contribution in [1.29, 1.82) is 0 Å². The summed E-state index contributed by atoms with van der Waals surface area (Å²) in [5, 5.41) is 5.65. The number of carbonyl (C=O) groups excluding carboxylic acids is 2. The monoisotopic (exact) mass is 321 g/mol. The number of likely N-dealkylation sites (N-methyl/N-ethyl adjacent to an activating group) is 1. The van der Waals surface area contributed by atoms with E-state index in [0.717, 1.165) is 16.8 Å². The number of hydrogen-bond donors (Lipinski definition) is 2. The predicted octanol–water partition coefficient (Wildman–Crippen LogP) is 1.24. The molecule has 6 heteroatoms. The van der Waals surface area contributed by atoms with E-state index < -0.39 is 0 Å². The van der Waals surface area contributed by atoms with Crippen molar-refractivity contribution in [2.45, 2.75) is 20.8 Å². The average molecular weight is 321 g/mol. The van der Waals surface area contributed by atoms with Gasteiger partial charge in [0.25, 0.3) is 0 Å². The Hall–Kier alpha value is -1.92. The van der Waals surface area contributed by atoms with E-state index in [-0.39, 0.29) is 24.9 Å². The molecule has 0 aliphatic carbocycles. The molecule has 0 fully saturated rings. The van der Waals surface area contributed by atoms with Gasteiger partial charge in [-0.15, -0.1) is 0 Å². The van der Waals surface area contributed by atoms with Gasteiger partial charge in [0.2, 0.25) is 11.8 Å². The molecule has 0 aliphatic rings. The first-order chi connectivity index (χ1) is 10.8. The van der Waals surface area contributed by atoms with E-state index in [1.165, 1.54) is 5.56 Å². The van der Waals surface area contributed by atoms with Crippen molar-refractivity contribution in [2.24, 2.45) is 0 Å². The Kier molecular flexibility index (Phi) is 7.71. The summed E-state index contributed by atoms with van der Waals surface area (Å²) in [5.74, 6) is -0.257. The lowest BCUT2D eigenvalue weighted by Crippen LogP contribution is -2.39. The Bertz CT molecular complexity index is 535. The smallest absolute Gasteiger partial charge is 0.238 e. The highest BCUT2D eigenvalue weighted by atomic mass is 16.5. The lowest BCUT2D eigenvalue weighted by Gasteiger charge is -2.18. The van der Waals surface area contributed by atoms with Crippen LogP contribution in [0.15, 0.2) is 12.1 Å². The molecule has 0 saturated carbocycles. The molecule has 2 N–H and O–H groups in total. The summed E-state index contributed by atoms with van der Waals surface area (Å²) in [4.78, 5) is 25.5. The molecule has 0 spiro atoms. The Balaban J connectivity index is 2.49. The third-order valence-corrected chi connectivity index (χ3v) is 3.40. The third-order valence-electron chi connectivity index (χ3n) is 3.40. The number of nitrogens with zero attached hydrogens (tertiary/aromatic N) is 1. The largest absolute Gasteiger partial charge is 0.383 e. The molecule has 0 bridgehead atoms. The van der Waals surface area contributed by atoms with Gasteiger partial charge >= 0.3 is 0 Å². The first kappa shape index (κ1) is 19.1. The molecule has 0 heterocycles. The van der Waals surface area contributed by atoms with Crippen molar-refractivity contribution in [3.8, 4) is 0 Å². The van der Waals surface area contributed by atoms with Crippen LogP contribution in [0.25, 0.3) is 0 Å². The number of ether oxygens (including phenoxy) is 1. The zero-order valence-corrected chi connectivity index (χ0v) is 14.7. The fourth-order valence-corrected chi connectivity index (χ4v) is 2.45. The molecular weight excluding hydrogens is 294 g/mol. The number of benzene rings is 1. The van der Waals surface area contributed by atoms with E-state index >= 15 is 0 Å². The molecule has 1 rings (SSSR count). The maximum absolute atomic E-state index is 12.1. The summed E-state index contributed by atoms with van der Waals surface area (Å²) >= 11 is 0. The number of nitrogens with one attached hydrogen (secondary N) is 2. The normalized spacial score (nSPS) is 10.7. The van der Waals surface area contributed by atoms with Gasteiger partial charge in [-0.3, -0.25) is 14.5 Å². The summed E-state index contributed by atoms with van der Waals surface area (Å²) in [6.07, 6.45) is 0. The quantitative estimate of drug-likeness (QED) is 0.707. The van der Waals surface area contributed by atoms with Crippen molar-refractivity contribution < 1.29 is 14.3 Å². The van der Waals surface area contributed by atoms with E-state index in [2.05, 4.69) is 10.6 Å². The summed E-state index contributed by atoms with van der Waals surface area (Å²) in [7, 11) is 3.32. The van der Waals surface area contributed by atoms with E-state index in [1.807, 2.05) is 32.9 Å². The van der Waals surface area contributed by atoms with E-state index in [9.17, 15) is 9.59 Å². The van der Waals surface area contributed by atoms with Gasteiger partial charge in [-0.05, 0) is 38.9 Å². The Morgan fingerprint density at radius 2 is 1.65 bits per heavy atom. The molecule has 2 amide bonds. The highest BCUT2D eigenvalue weighted by Gasteiger charge is 2.12. The van der Waals surface area contributed by atoms with Crippen LogP contribution in [0, 0.1) is 20.8 Å². The first-order valence-electron chi connectivity index (χ1n) is 7.65. The minimum atomic E-state index is -0.132. The van der Waals surface area contributed by atoms with Crippen LogP contribution < -0.4 is 10.6 Å². The lowest BCUT2D eigenvalue weighted by molar-refractivity contribution is -0.123. The molecule has 6 nitrogen and oxygen atoms in total. The number of rotatable bonds is 8. The second kappa shape index (κ2) is 9.27. The maximum atomic E-state index is 12.1. The number of anilines is 1. The van der Waals surface area contributed by atoms with Crippen molar-refractivity contribution in [3.05, 3.63) is 28.8 Å². The molecule has 1 aromatic rings. The summed E-state index contributed by atoms with van der Waals surface area (Å²) in [6.45, 7) is 7.25. The summed E-state index contributed by atoms with van der Waals surface area (Å²) < 4.78 is 4.87. The number of hydrogen-bond acceptors (Lipinski definition) is 4. The molecule has 0 radical (unpaired) electrons. The van der Waals surface area contributed by atoms with E-state index in [4.69, 9.17) is 4.74 Å². The Labute approximate surface area is 138 Å². The van der Waals surface area contributed by atoms with Crippen LogP contribution in [0.3, 0.4) is 0 Å². The number of aryl methyl sites for hydroxylation is 3. The van der Waals surface area contributed by atoms with Crippen LogP contribution in [0.2, 0.25) is 0 Å². The van der Waals surface area contributed by atoms with Crippen LogP contribution in [-0.2, 0) is 14.3 Å². The minimum absolute atomic E-state index is 0.125. The van der Waals surface area contributed by atoms with Crippen molar-refractivity contribution in [3.63, 3.8) is 0 Å². The van der Waals surface area contributed by atoms with E-state index in [1.54, 1.807) is 19.1 Å². The number of methoxy groups -OCH3 is 1. The highest BCUT2D eigenvalue weighted by molar-refractivity contribution is 5.94. The number of carbonyl (C=O) groups is 2. The second-order valence-corrected chi connectivity index (χ2v) is 5.84. The minimum Gasteiger partial charge on any atom is -0.383 e. The topological polar surface area (TPSA) is 70.7 Å². The van der Waals surface area contributed by atoms with Gasteiger partial charge in [-0.1, -0.05) is 17.7 Å². The molecule has 0 aliphatic heterocycles. The molecule has 0 atom stereocenters. The van der Waals surface area contributed by atoms with Crippen LogP contribution in [-0.4, -0.2) is 57.1 Å². The van der Waals surface area contributed by atoms with Gasteiger partial charge in [0.15, 0.2) is 0 Å². The second-order valence-electron chi connectivity index (χ2n) is 5.84. The van der Waals surface area contributed by atoms with Gasteiger partial charge in [-0.2, -0.15) is 0 Å². The van der Waals surface area contributed by atoms with Crippen LogP contribution >= 0.6 is 0 Å². The lowest BCUT2D eigenvalue weighted by atomic mass is 10.1. The van der Waals surface area contributed by atoms with Crippen molar-refractivity contribution in [1.82, 2.24) is 10.2 Å². The molecule has 128 valence electrons. The van der Waals surface area contributed by atoms with Crippen molar-refractivity contribution >= 4 is 17.5 Å². The third kappa shape index (κ3) is 6.80. The molecule has 0 saturated heterocycles. The summed E-state index contributed by atoms with van der Waals surface area (Å²) in [6, 6.07) is 4.07. The predicted molar refractivity (Wildman–Crippen MR) is 91.7 cm³/mol. The van der Waals surface area contributed by atoms with E-state index in [0.29, 0.717) is 13.2 Å². The summed E-state index contributed by atoms with van der Waals surface area (Å²) in [5.41, 5.74) is 4.09. The maximum Gasteiger partial charge on any atom is 0.238 e. The van der Waals surface area contributed by atoms with Crippen LogP contribution in [0.1, 0.15) is 16.7 Å². The van der Waals surface area contributed by atoms with Gasteiger partial charge in [0.1, 0.15) is 0 Å². The van der Waals surface area contributed by atoms with Crippen molar-refractivity contribution in [2.75, 3.05) is 45.7 Å². The molecule has 0 aromatic heterocycles. The highest BCUT2D eigenvalue weighted by Crippen LogP contribution is 2.21. The molecule has 0 unspecified atom stereocenters. The zero-order chi connectivity index (χ0) is 17.4. The SMILES string of the molecule is COCCNC(=O)CN(C)CC(=O)Nc1c(C)cc(C)cc1C. The fourth-order valence-electron chi connectivity index (χ4n) is 2.45. The molecule has 1 aromatic carbocycles. The standard InChI is InChI=1S/C17H27N3O3/c1-12-8-13(2)17(14(3)9-12)19-16(22)11-20(4)10-15(21)18-6-7-23-5/h8-9H,6-7,10-11H2,1-5H3,(H,18,21)(H,19,22). The Morgan fingerprint density at radius 3 is 2.22 bits per heavy atom. The average Bonchev–Trinajstić information content (AvgIpc) is 2.42. The van der Waals surface area contributed by atoms with Crippen LogP contribution in [0.4, 0.5) is 5.69 Å². The molecule has 23 heavy (non-hydrogen) atoms. The fraction of sp³-hybridized carbons (Fsp3) is 0.529. The Morgan fingerprint density at radius 1 is 1.09 bits per heavy atom. The number of amides is 2.